The van der Waals surface area contributed by atoms with Gasteiger partial charge in [-0.2, -0.15) is 0 Å². The third kappa shape index (κ3) is 2.32. The van der Waals surface area contributed by atoms with Crippen LogP contribution in [0.1, 0.15) is 35.0 Å². The Labute approximate surface area is 120 Å². The number of allylic oxidation sites excluding steroid dienone is 1. The van der Waals surface area contributed by atoms with Crippen LogP contribution in [0.2, 0.25) is 0 Å². The van der Waals surface area contributed by atoms with Gasteiger partial charge >= 0.3 is 11.4 Å². The average molecular weight is 263 g/mol. The Morgan fingerprint density at radius 1 is 0.800 bits per heavy atom. The Bertz CT molecular complexity index is 673. The summed E-state index contributed by atoms with van der Waals surface area (Å²) in [6.45, 7) is 6.33. The first-order valence-corrected chi connectivity index (χ1v) is 6.97. The second-order valence-corrected chi connectivity index (χ2v) is 5.77. The van der Waals surface area contributed by atoms with Gasteiger partial charge in [-0.25, -0.2) is 4.42 Å². The molecule has 1 heterocycles. The van der Waals surface area contributed by atoms with Gasteiger partial charge in [-0.15, -0.1) is 0 Å². The van der Waals surface area contributed by atoms with Crippen molar-refractivity contribution < 1.29 is 4.42 Å². The topological polar surface area (TPSA) is 11.3 Å². The third-order valence-electron chi connectivity index (χ3n) is 3.71. The van der Waals surface area contributed by atoms with Crippen LogP contribution < -0.4 is 0 Å². The van der Waals surface area contributed by atoms with Gasteiger partial charge in [-0.1, -0.05) is 48.0 Å². The van der Waals surface area contributed by atoms with Gasteiger partial charge in [-0.05, 0) is 24.6 Å². The molecule has 0 atom stereocenters. The van der Waals surface area contributed by atoms with E-state index >= 15 is 0 Å². The Morgan fingerprint density at radius 2 is 1.45 bits per heavy atom. The zero-order chi connectivity index (χ0) is 14.2. The Morgan fingerprint density at radius 3 is 2.10 bits per heavy atom. The highest BCUT2D eigenvalue weighted by atomic mass is 16.4. The maximum atomic E-state index is 6.17. The summed E-state index contributed by atoms with van der Waals surface area (Å²) in [5, 5.41) is 0. The minimum Gasteiger partial charge on any atom is -0.244 e. The molecule has 0 amide bonds. The van der Waals surface area contributed by atoms with Gasteiger partial charge in [0.25, 0.3) is 0 Å². The molecule has 0 saturated heterocycles. The molecule has 0 unspecified atom stereocenters. The number of hydrogen-bond donors (Lipinski definition) is 0. The van der Waals surface area contributed by atoms with E-state index in [2.05, 4.69) is 75.4 Å². The Kier molecular flexibility index (Phi) is 3.06. The molecule has 2 aromatic carbocycles. The first-order valence-electron chi connectivity index (χ1n) is 6.97. The van der Waals surface area contributed by atoms with Crippen molar-refractivity contribution in [1.82, 2.24) is 0 Å². The van der Waals surface area contributed by atoms with E-state index in [1.807, 2.05) is 6.07 Å². The van der Waals surface area contributed by atoms with E-state index < -0.39 is 0 Å². The molecule has 1 heteroatoms. The molecule has 1 nitrogen and oxygen atoms in total. The van der Waals surface area contributed by atoms with Crippen molar-refractivity contribution in [2.45, 2.75) is 26.4 Å². The summed E-state index contributed by atoms with van der Waals surface area (Å²) in [5.74, 6) is 0.953. The van der Waals surface area contributed by atoms with Crippen LogP contribution in [-0.4, -0.2) is 11.4 Å². The van der Waals surface area contributed by atoms with Crippen molar-refractivity contribution in [3.63, 3.8) is 0 Å². The lowest BCUT2D eigenvalue weighted by Gasteiger charge is -2.09. The third-order valence-corrected chi connectivity index (χ3v) is 3.71. The molecule has 100 valence electrons. The van der Waals surface area contributed by atoms with Crippen molar-refractivity contribution in [3.8, 4) is 0 Å². The molecule has 0 saturated carbocycles. The number of aryl methyl sites for hydroxylation is 1. The predicted octanol–water partition coefficient (Wildman–Crippen LogP) is 4.59. The summed E-state index contributed by atoms with van der Waals surface area (Å²) in [6.07, 6.45) is 2.17. The van der Waals surface area contributed by atoms with Crippen LogP contribution in [0, 0.1) is 6.92 Å². The van der Waals surface area contributed by atoms with E-state index in [1.165, 1.54) is 16.7 Å². The SMILES string of the molecule is Cc1ccc(C2=[O+]C(C)(C)C(c3ccccc3)=C2)cc1. The summed E-state index contributed by atoms with van der Waals surface area (Å²) in [4.78, 5) is 0. The lowest BCUT2D eigenvalue weighted by molar-refractivity contribution is -0.344. The highest BCUT2D eigenvalue weighted by Gasteiger charge is 2.42. The summed E-state index contributed by atoms with van der Waals surface area (Å²) >= 11 is 0. The fraction of sp³-hybridized carbons (Fsp3) is 0.211. The molecule has 0 radical (unpaired) electrons. The first-order chi connectivity index (χ1) is 9.56. The molecule has 0 bridgehead atoms. The summed E-state index contributed by atoms with van der Waals surface area (Å²) in [6, 6.07) is 18.9. The molecule has 0 spiro atoms. The minimum atomic E-state index is -0.290. The van der Waals surface area contributed by atoms with Crippen LogP contribution in [-0.2, 0) is 0 Å². The number of carbonyl (C=O) groups excluding carboxylic acids is 1. The first kappa shape index (κ1) is 12.9. The maximum Gasteiger partial charge on any atom is 0.352 e. The number of ketones is 1. The molecule has 0 aromatic heterocycles. The van der Waals surface area contributed by atoms with E-state index in [9.17, 15) is 0 Å². The Hall–Kier alpha value is -2.15. The average Bonchev–Trinajstić information content (AvgIpc) is 2.76. The van der Waals surface area contributed by atoms with E-state index in [0.29, 0.717) is 0 Å². The van der Waals surface area contributed by atoms with Gasteiger partial charge in [0, 0.05) is 13.8 Å². The molecular formula is C19H19O+. The normalized spacial score (nSPS) is 16.8. The largest absolute Gasteiger partial charge is 0.352 e. The quantitative estimate of drug-likeness (QED) is 0.702. The molecule has 3 rings (SSSR count). The number of rotatable bonds is 2. The summed E-state index contributed by atoms with van der Waals surface area (Å²) in [7, 11) is 0. The van der Waals surface area contributed by atoms with Crippen molar-refractivity contribution in [2.75, 3.05) is 0 Å². The van der Waals surface area contributed by atoms with Crippen molar-refractivity contribution in [2.24, 2.45) is 0 Å². The van der Waals surface area contributed by atoms with Crippen LogP contribution in [0.3, 0.4) is 0 Å². The molecular weight excluding hydrogens is 244 g/mol. The smallest absolute Gasteiger partial charge is 0.244 e. The summed E-state index contributed by atoms with van der Waals surface area (Å²) < 4.78 is 6.17. The van der Waals surface area contributed by atoms with Crippen molar-refractivity contribution in [3.05, 3.63) is 77.4 Å². The number of hydrogen-bond acceptors (Lipinski definition) is 0. The van der Waals surface area contributed by atoms with Crippen LogP contribution in [0.15, 0.2) is 60.7 Å². The molecule has 1 aliphatic rings. The second-order valence-electron chi connectivity index (χ2n) is 5.77. The molecule has 2 aromatic rings. The predicted molar refractivity (Wildman–Crippen MR) is 84.0 cm³/mol. The van der Waals surface area contributed by atoms with Crippen LogP contribution in [0.5, 0.6) is 0 Å². The van der Waals surface area contributed by atoms with Crippen molar-refractivity contribution in [1.29, 1.82) is 0 Å². The van der Waals surface area contributed by atoms with E-state index in [1.54, 1.807) is 0 Å². The molecule has 0 aliphatic carbocycles. The fourth-order valence-corrected chi connectivity index (χ4v) is 2.57. The second kappa shape index (κ2) is 4.75. The van der Waals surface area contributed by atoms with Gasteiger partial charge in [0.05, 0.1) is 17.2 Å². The zero-order valence-corrected chi connectivity index (χ0v) is 12.2. The highest BCUT2D eigenvalue weighted by Crippen LogP contribution is 2.35. The molecule has 0 N–H and O–H groups in total. The minimum absolute atomic E-state index is 0.290. The Balaban J connectivity index is 2.03. The van der Waals surface area contributed by atoms with Crippen molar-refractivity contribution >= 4 is 11.4 Å². The zero-order valence-electron chi connectivity index (χ0n) is 12.2. The van der Waals surface area contributed by atoms with Crippen LogP contribution in [0.25, 0.3) is 5.57 Å². The summed E-state index contributed by atoms with van der Waals surface area (Å²) in [5.41, 5.74) is 4.56. The van der Waals surface area contributed by atoms with E-state index in [0.717, 1.165) is 11.3 Å². The highest BCUT2D eigenvalue weighted by molar-refractivity contribution is 6.11. The van der Waals surface area contributed by atoms with Gasteiger partial charge in [0.15, 0.2) is 0 Å². The van der Waals surface area contributed by atoms with Crippen LogP contribution in [0.4, 0.5) is 0 Å². The van der Waals surface area contributed by atoms with Gasteiger partial charge in [-0.3, -0.25) is 0 Å². The monoisotopic (exact) mass is 263 g/mol. The van der Waals surface area contributed by atoms with Crippen LogP contribution >= 0.6 is 0 Å². The maximum absolute atomic E-state index is 6.17. The fourth-order valence-electron chi connectivity index (χ4n) is 2.57. The standard InChI is InChI=1S/C19H19O/c1-14-9-11-16(12-10-14)18-13-17(19(2,3)20-18)15-7-5-4-6-8-15/h4-13H,1-3H3/q+1. The van der Waals surface area contributed by atoms with Gasteiger partial charge in [0.2, 0.25) is 0 Å². The van der Waals surface area contributed by atoms with Gasteiger partial charge < -0.3 is 0 Å². The molecule has 20 heavy (non-hydrogen) atoms. The lowest BCUT2D eigenvalue weighted by Crippen LogP contribution is -2.16. The number of benzene rings is 2. The van der Waals surface area contributed by atoms with E-state index in [4.69, 9.17) is 4.42 Å². The van der Waals surface area contributed by atoms with Gasteiger partial charge in [0.1, 0.15) is 0 Å². The van der Waals surface area contributed by atoms with E-state index in [-0.39, 0.29) is 5.60 Å². The lowest BCUT2D eigenvalue weighted by atomic mass is 9.91. The molecule has 0 fully saturated rings. The molecule has 1 aliphatic heterocycles.